The van der Waals surface area contributed by atoms with Gasteiger partial charge in [0, 0.05) is 19.2 Å². The van der Waals surface area contributed by atoms with E-state index in [1.165, 1.54) is 34.5 Å². The molecule has 4 rings (SSSR count). The van der Waals surface area contributed by atoms with Crippen molar-refractivity contribution in [2.24, 2.45) is 0 Å². The van der Waals surface area contributed by atoms with E-state index in [4.69, 9.17) is 9.47 Å². The fourth-order valence-corrected chi connectivity index (χ4v) is 5.21. The van der Waals surface area contributed by atoms with E-state index in [0.29, 0.717) is 30.2 Å². The SMILES string of the molecule is COc1ccc(C=CC(=O)N2CC(=O)Nc3ccccc32)cc1S(=O)(=O)N1CCOCC1. The van der Waals surface area contributed by atoms with E-state index >= 15 is 0 Å². The summed E-state index contributed by atoms with van der Waals surface area (Å²) in [6.45, 7) is 1.10. The molecule has 2 amide bonds. The van der Waals surface area contributed by atoms with Crippen LogP contribution in [0.25, 0.3) is 6.08 Å². The number of sulfonamides is 1. The van der Waals surface area contributed by atoms with E-state index < -0.39 is 10.0 Å². The molecule has 2 aliphatic heterocycles. The Bertz CT molecular complexity index is 1170. The number of nitrogens with one attached hydrogen (secondary N) is 1. The Balaban J connectivity index is 1.60. The van der Waals surface area contributed by atoms with Crippen molar-refractivity contribution in [3.8, 4) is 5.75 Å². The molecule has 0 aliphatic carbocycles. The number of hydrogen-bond acceptors (Lipinski definition) is 6. The summed E-state index contributed by atoms with van der Waals surface area (Å²) < 4.78 is 38.1. The number of carbonyl (C=O) groups excluding carboxylic acids is 2. The van der Waals surface area contributed by atoms with E-state index in [9.17, 15) is 18.0 Å². The second-order valence-corrected chi connectivity index (χ2v) is 9.16. The number of fused-ring (bicyclic) bond motifs is 1. The number of rotatable bonds is 5. The van der Waals surface area contributed by atoms with Gasteiger partial charge in [0.2, 0.25) is 15.9 Å². The van der Waals surface area contributed by atoms with Gasteiger partial charge in [-0.3, -0.25) is 14.5 Å². The summed E-state index contributed by atoms with van der Waals surface area (Å²) in [4.78, 5) is 26.2. The minimum Gasteiger partial charge on any atom is -0.495 e. The number of methoxy groups -OCH3 is 1. The molecule has 0 spiro atoms. The first-order valence-electron chi connectivity index (χ1n) is 10.0. The number of anilines is 2. The number of benzene rings is 2. The molecule has 2 aromatic carbocycles. The Morgan fingerprint density at radius 1 is 1.16 bits per heavy atom. The van der Waals surface area contributed by atoms with Crippen molar-refractivity contribution in [3.05, 3.63) is 54.1 Å². The normalized spacial score (nSPS) is 17.2. The topological polar surface area (TPSA) is 105 Å². The van der Waals surface area contributed by atoms with Gasteiger partial charge in [0.1, 0.15) is 17.2 Å². The van der Waals surface area contributed by atoms with Gasteiger partial charge in [-0.2, -0.15) is 4.31 Å². The maximum Gasteiger partial charge on any atom is 0.251 e. The smallest absolute Gasteiger partial charge is 0.251 e. The predicted octanol–water partition coefficient (Wildman–Crippen LogP) is 1.71. The zero-order valence-electron chi connectivity index (χ0n) is 17.5. The van der Waals surface area contributed by atoms with E-state index in [-0.39, 0.29) is 42.1 Å². The van der Waals surface area contributed by atoms with Gasteiger partial charge in [0.15, 0.2) is 0 Å². The molecular weight excluding hydrogens is 434 g/mol. The zero-order chi connectivity index (χ0) is 22.7. The Morgan fingerprint density at radius 2 is 1.91 bits per heavy atom. The van der Waals surface area contributed by atoms with Crippen molar-refractivity contribution in [1.29, 1.82) is 0 Å². The van der Waals surface area contributed by atoms with Crippen molar-refractivity contribution >= 4 is 39.3 Å². The maximum absolute atomic E-state index is 13.1. The molecule has 9 nitrogen and oxygen atoms in total. The lowest BCUT2D eigenvalue weighted by molar-refractivity contribution is -0.119. The zero-order valence-corrected chi connectivity index (χ0v) is 18.3. The molecule has 0 atom stereocenters. The maximum atomic E-state index is 13.1. The summed E-state index contributed by atoms with van der Waals surface area (Å²) in [5.41, 5.74) is 1.68. The van der Waals surface area contributed by atoms with E-state index in [1.54, 1.807) is 36.4 Å². The third kappa shape index (κ3) is 4.38. The molecule has 10 heteroatoms. The lowest BCUT2D eigenvalue weighted by atomic mass is 10.1. The van der Waals surface area contributed by atoms with Crippen LogP contribution in [-0.2, 0) is 24.3 Å². The summed E-state index contributed by atoms with van der Waals surface area (Å²) in [5.74, 6) is -0.448. The van der Waals surface area contributed by atoms with Crippen molar-refractivity contribution in [1.82, 2.24) is 4.31 Å². The first kappa shape index (κ1) is 22.0. The van der Waals surface area contributed by atoms with Crippen LogP contribution in [0.15, 0.2) is 53.4 Å². The average molecular weight is 458 g/mol. The largest absolute Gasteiger partial charge is 0.495 e. The number of hydrogen-bond donors (Lipinski definition) is 1. The van der Waals surface area contributed by atoms with Crippen LogP contribution < -0.4 is 15.0 Å². The molecule has 1 fully saturated rings. The molecule has 1 saturated heterocycles. The number of para-hydroxylation sites is 2. The summed E-state index contributed by atoms with van der Waals surface area (Å²) in [7, 11) is -2.38. The Morgan fingerprint density at radius 3 is 2.66 bits per heavy atom. The highest BCUT2D eigenvalue weighted by Gasteiger charge is 2.29. The lowest BCUT2D eigenvalue weighted by Crippen LogP contribution is -2.41. The van der Waals surface area contributed by atoms with Crippen molar-refractivity contribution in [2.75, 3.05) is 50.2 Å². The molecule has 0 unspecified atom stereocenters. The minimum atomic E-state index is -3.79. The van der Waals surface area contributed by atoms with E-state index in [1.807, 2.05) is 0 Å². The molecular formula is C22H23N3O6S. The first-order chi connectivity index (χ1) is 15.4. The van der Waals surface area contributed by atoms with Crippen LogP contribution >= 0.6 is 0 Å². The molecule has 32 heavy (non-hydrogen) atoms. The van der Waals surface area contributed by atoms with Crippen molar-refractivity contribution in [2.45, 2.75) is 4.90 Å². The van der Waals surface area contributed by atoms with Gasteiger partial charge in [0.25, 0.3) is 5.91 Å². The van der Waals surface area contributed by atoms with Gasteiger partial charge in [-0.15, -0.1) is 0 Å². The van der Waals surface area contributed by atoms with Crippen molar-refractivity contribution < 1.29 is 27.5 Å². The van der Waals surface area contributed by atoms with Crippen LogP contribution in [0.4, 0.5) is 11.4 Å². The van der Waals surface area contributed by atoms with E-state index in [2.05, 4.69) is 5.32 Å². The van der Waals surface area contributed by atoms with Gasteiger partial charge in [-0.1, -0.05) is 18.2 Å². The molecule has 0 saturated carbocycles. The molecule has 0 radical (unpaired) electrons. The molecule has 2 heterocycles. The number of ether oxygens (including phenoxy) is 2. The number of morpholine rings is 1. The fraction of sp³-hybridized carbons (Fsp3) is 0.273. The Labute approximate surface area is 186 Å². The Kier molecular flexibility index (Phi) is 6.26. The molecule has 0 aromatic heterocycles. The third-order valence-corrected chi connectivity index (χ3v) is 7.15. The average Bonchev–Trinajstić information content (AvgIpc) is 2.82. The highest BCUT2D eigenvalue weighted by atomic mass is 32.2. The molecule has 0 bridgehead atoms. The molecule has 168 valence electrons. The number of nitrogens with zero attached hydrogens (tertiary/aromatic N) is 2. The highest BCUT2D eigenvalue weighted by molar-refractivity contribution is 7.89. The Hall–Kier alpha value is -3.21. The standard InChI is InChI=1S/C22H23N3O6S/c1-30-19-8-6-16(14-20(19)32(28,29)24-10-12-31-13-11-24)7-9-22(27)25-15-21(26)23-17-4-2-3-5-18(17)25/h2-9,14H,10-13,15H2,1H3,(H,23,26). The van der Waals surface area contributed by atoms with Gasteiger partial charge in [0.05, 0.1) is 31.7 Å². The number of amides is 2. The summed E-state index contributed by atoms with van der Waals surface area (Å²) >= 11 is 0. The third-order valence-electron chi connectivity index (χ3n) is 5.23. The molecule has 2 aromatic rings. The van der Waals surface area contributed by atoms with Crippen LogP contribution in [-0.4, -0.2) is 64.5 Å². The summed E-state index contributed by atoms with van der Waals surface area (Å²) in [6.07, 6.45) is 2.84. The second-order valence-electron chi connectivity index (χ2n) is 7.25. The van der Waals surface area contributed by atoms with Crippen LogP contribution in [0.1, 0.15) is 5.56 Å². The van der Waals surface area contributed by atoms with Crippen LogP contribution in [0.3, 0.4) is 0 Å². The quantitative estimate of drug-likeness (QED) is 0.686. The van der Waals surface area contributed by atoms with Gasteiger partial charge in [-0.05, 0) is 35.9 Å². The molecule has 1 N–H and O–H groups in total. The van der Waals surface area contributed by atoms with Crippen LogP contribution in [0.5, 0.6) is 5.75 Å². The highest BCUT2D eigenvalue weighted by Crippen LogP contribution is 2.30. The second kappa shape index (κ2) is 9.11. The van der Waals surface area contributed by atoms with Gasteiger partial charge >= 0.3 is 0 Å². The van der Waals surface area contributed by atoms with Crippen LogP contribution in [0.2, 0.25) is 0 Å². The van der Waals surface area contributed by atoms with Gasteiger partial charge in [-0.25, -0.2) is 8.42 Å². The summed E-state index contributed by atoms with van der Waals surface area (Å²) in [5, 5.41) is 2.74. The summed E-state index contributed by atoms with van der Waals surface area (Å²) in [6, 6.07) is 11.7. The lowest BCUT2D eigenvalue weighted by Gasteiger charge is -2.28. The fourth-order valence-electron chi connectivity index (χ4n) is 3.61. The monoisotopic (exact) mass is 457 g/mol. The molecule has 2 aliphatic rings. The van der Waals surface area contributed by atoms with E-state index in [0.717, 1.165) is 0 Å². The van der Waals surface area contributed by atoms with Gasteiger partial charge < -0.3 is 14.8 Å². The van der Waals surface area contributed by atoms with Crippen LogP contribution in [0, 0.1) is 0 Å². The first-order valence-corrected chi connectivity index (χ1v) is 11.5. The predicted molar refractivity (Wildman–Crippen MR) is 119 cm³/mol. The minimum absolute atomic E-state index is 0.0270. The number of carbonyl (C=O) groups is 2. The van der Waals surface area contributed by atoms with Crippen molar-refractivity contribution in [3.63, 3.8) is 0 Å².